The minimum atomic E-state index is -3.23. The molecule has 0 radical (unpaired) electrons. The summed E-state index contributed by atoms with van der Waals surface area (Å²) in [4.78, 5) is 24.3. The van der Waals surface area contributed by atoms with Gasteiger partial charge in [-0.3, -0.25) is 4.79 Å². The van der Waals surface area contributed by atoms with E-state index in [0.29, 0.717) is 11.1 Å². The van der Waals surface area contributed by atoms with Gasteiger partial charge in [-0.15, -0.1) is 0 Å². The summed E-state index contributed by atoms with van der Waals surface area (Å²) in [6.45, 7) is 1.60. The third-order valence-corrected chi connectivity index (χ3v) is 4.48. The fourth-order valence-corrected chi connectivity index (χ4v) is 3.09. The molecular formula is C19H20FNO5S. The molecule has 0 aromatic heterocycles. The Labute approximate surface area is 157 Å². The lowest BCUT2D eigenvalue weighted by atomic mass is 10.1. The lowest BCUT2D eigenvalue weighted by molar-refractivity contribution is -0.129. The molecule has 0 fully saturated rings. The van der Waals surface area contributed by atoms with Crippen LogP contribution in [0.4, 0.5) is 4.39 Å². The fourth-order valence-electron chi connectivity index (χ4n) is 2.31. The normalized spacial score (nSPS) is 12.3. The summed E-state index contributed by atoms with van der Waals surface area (Å²) in [7, 11) is -3.23. The van der Waals surface area contributed by atoms with Gasteiger partial charge in [-0.05, 0) is 42.3 Å². The Balaban J connectivity index is 1.93. The number of rotatable bonds is 7. The van der Waals surface area contributed by atoms with E-state index in [1.165, 1.54) is 31.2 Å². The van der Waals surface area contributed by atoms with Crippen molar-refractivity contribution in [3.05, 3.63) is 71.0 Å². The van der Waals surface area contributed by atoms with E-state index in [9.17, 15) is 22.4 Å². The zero-order valence-electron chi connectivity index (χ0n) is 14.9. The van der Waals surface area contributed by atoms with E-state index >= 15 is 0 Å². The van der Waals surface area contributed by atoms with Crippen LogP contribution < -0.4 is 5.32 Å². The third-order valence-electron chi connectivity index (χ3n) is 3.62. The van der Waals surface area contributed by atoms with Crippen molar-refractivity contribution in [1.82, 2.24) is 5.32 Å². The van der Waals surface area contributed by atoms with Crippen molar-refractivity contribution in [2.45, 2.75) is 25.3 Å². The van der Waals surface area contributed by atoms with Gasteiger partial charge in [0.05, 0.1) is 11.3 Å². The quantitative estimate of drug-likeness (QED) is 0.729. The first-order valence-corrected chi connectivity index (χ1v) is 10.2. The van der Waals surface area contributed by atoms with Crippen LogP contribution in [0.1, 0.15) is 28.4 Å². The first-order valence-electron chi connectivity index (χ1n) is 8.14. The highest BCUT2D eigenvalue weighted by atomic mass is 32.2. The van der Waals surface area contributed by atoms with Gasteiger partial charge in [-0.1, -0.05) is 24.3 Å². The first-order chi connectivity index (χ1) is 12.6. The minimum Gasteiger partial charge on any atom is -0.449 e. The molecule has 0 saturated heterocycles. The summed E-state index contributed by atoms with van der Waals surface area (Å²) in [5.41, 5.74) is 1.33. The molecule has 8 heteroatoms. The van der Waals surface area contributed by atoms with Gasteiger partial charge in [-0.25, -0.2) is 17.6 Å². The third kappa shape index (κ3) is 6.82. The number of nitrogens with one attached hydrogen (secondary N) is 1. The van der Waals surface area contributed by atoms with Crippen LogP contribution in [0.3, 0.4) is 0 Å². The Bertz CT molecular complexity index is 925. The van der Waals surface area contributed by atoms with Gasteiger partial charge in [-0.2, -0.15) is 0 Å². The predicted molar refractivity (Wildman–Crippen MR) is 98.1 cm³/mol. The van der Waals surface area contributed by atoms with E-state index in [-0.39, 0.29) is 23.7 Å². The Morgan fingerprint density at radius 2 is 1.78 bits per heavy atom. The molecule has 27 heavy (non-hydrogen) atoms. The van der Waals surface area contributed by atoms with E-state index in [4.69, 9.17) is 4.74 Å². The molecule has 2 rings (SSSR count). The lowest BCUT2D eigenvalue weighted by Crippen LogP contribution is -2.35. The topological polar surface area (TPSA) is 89.5 Å². The Morgan fingerprint density at radius 3 is 2.41 bits per heavy atom. The molecule has 0 unspecified atom stereocenters. The highest BCUT2D eigenvalue weighted by molar-refractivity contribution is 7.89. The van der Waals surface area contributed by atoms with Gasteiger partial charge in [0.25, 0.3) is 5.91 Å². The van der Waals surface area contributed by atoms with Gasteiger partial charge < -0.3 is 10.1 Å². The number of amides is 1. The molecule has 0 bridgehead atoms. The molecule has 1 atom stereocenters. The molecule has 0 saturated carbocycles. The number of hydrogen-bond donors (Lipinski definition) is 1. The maximum absolute atomic E-state index is 12.9. The SMILES string of the molecule is C[C@@H](OC(=O)c1cccc(CS(C)(=O)=O)c1)C(=O)NCc1ccc(F)cc1. The molecule has 0 spiro atoms. The zero-order chi connectivity index (χ0) is 20.0. The van der Waals surface area contributed by atoms with Crippen molar-refractivity contribution in [1.29, 1.82) is 0 Å². The average Bonchev–Trinajstić information content (AvgIpc) is 2.59. The number of ether oxygens (including phenoxy) is 1. The van der Waals surface area contributed by atoms with Crippen molar-refractivity contribution in [3.8, 4) is 0 Å². The van der Waals surface area contributed by atoms with Crippen LogP contribution in [0.25, 0.3) is 0 Å². The monoisotopic (exact) mass is 393 g/mol. The summed E-state index contributed by atoms with van der Waals surface area (Å²) in [5, 5.41) is 2.60. The summed E-state index contributed by atoms with van der Waals surface area (Å²) < 4.78 is 40.7. The van der Waals surface area contributed by atoms with Gasteiger partial charge in [0.1, 0.15) is 5.82 Å². The number of sulfone groups is 1. The Hall–Kier alpha value is -2.74. The predicted octanol–water partition coefficient (Wildman–Crippen LogP) is 2.23. The van der Waals surface area contributed by atoms with Crippen LogP contribution in [0.2, 0.25) is 0 Å². The van der Waals surface area contributed by atoms with Gasteiger partial charge >= 0.3 is 5.97 Å². The Kier molecular flexibility index (Phi) is 6.68. The van der Waals surface area contributed by atoms with Crippen LogP contribution in [0.5, 0.6) is 0 Å². The van der Waals surface area contributed by atoms with E-state index in [2.05, 4.69) is 5.32 Å². The van der Waals surface area contributed by atoms with E-state index in [0.717, 1.165) is 6.26 Å². The minimum absolute atomic E-state index is 0.161. The molecule has 0 aliphatic heterocycles. The highest BCUT2D eigenvalue weighted by Crippen LogP contribution is 2.11. The van der Waals surface area contributed by atoms with E-state index < -0.39 is 27.8 Å². The fraction of sp³-hybridized carbons (Fsp3) is 0.263. The van der Waals surface area contributed by atoms with Gasteiger partial charge in [0.2, 0.25) is 0 Å². The summed E-state index contributed by atoms with van der Waals surface area (Å²) in [5.74, 6) is -1.79. The van der Waals surface area contributed by atoms with E-state index in [1.54, 1.807) is 24.3 Å². The summed E-state index contributed by atoms with van der Waals surface area (Å²) in [6.07, 6.45) is 0.0578. The van der Waals surface area contributed by atoms with Gasteiger partial charge in [0, 0.05) is 12.8 Å². The van der Waals surface area contributed by atoms with E-state index in [1.807, 2.05) is 0 Å². The zero-order valence-corrected chi connectivity index (χ0v) is 15.8. The van der Waals surface area contributed by atoms with Gasteiger partial charge in [0.15, 0.2) is 15.9 Å². The van der Waals surface area contributed by atoms with Crippen LogP contribution in [0.15, 0.2) is 48.5 Å². The molecule has 1 amide bonds. The van der Waals surface area contributed by atoms with Crippen LogP contribution in [0, 0.1) is 5.82 Å². The van der Waals surface area contributed by atoms with Crippen molar-refractivity contribution in [3.63, 3.8) is 0 Å². The molecule has 0 aliphatic rings. The molecule has 1 N–H and O–H groups in total. The molecule has 2 aromatic carbocycles. The second kappa shape index (κ2) is 8.77. The maximum Gasteiger partial charge on any atom is 0.338 e. The number of halogens is 1. The van der Waals surface area contributed by atoms with Crippen LogP contribution in [-0.4, -0.2) is 32.7 Å². The summed E-state index contributed by atoms with van der Waals surface area (Å²) in [6, 6.07) is 11.7. The number of carbonyl (C=O) groups is 2. The molecule has 144 valence electrons. The number of benzene rings is 2. The number of esters is 1. The molecule has 2 aromatic rings. The standard InChI is InChI=1S/C19H20FNO5S/c1-13(18(22)21-11-14-6-8-17(20)9-7-14)26-19(23)16-5-3-4-15(10-16)12-27(2,24)25/h3-10,13H,11-12H2,1-2H3,(H,21,22)/t13-/m1/s1. The average molecular weight is 393 g/mol. The second-order valence-electron chi connectivity index (χ2n) is 6.16. The van der Waals surface area contributed by atoms with Crippen molar-refractivity contribution in [2.24, 2.45) is 0 Å². The van der Waals surface area contributed by atoms with Crippen molar-refractivity contribution < 1.29 is 27.1 Å². The highest BCUT2D eigenvalue weighted by Gasteiger charge is 2.19. The van der Waals surface area contributed by atoms with Crippen LogP contribution >= 0.6 is 0 Å². The van der Waals surface area contributed by atoms with Crippen molar-refractivity contribution >= 4 is 21.7 Å². The van der Waals surface area contributed by atoms with Crippen LogP contribution in [-0.2, 0) is 31.7 Å². The molecule has 0 heterocycles. The molecule has 6 nitrogen and oxygen atoms in total. The molecule has 0 aliphatic carbocycles. The Morgan fingerprint density at radius 1 is 1.11 bits per heavy atom. The first kappa shape index (κ1) is 20.6. The molecular weight excluding hydrogens is 373 g/mol. The number of carbonyl (C=O) groups excluding carboxylic acids is 2. The second-order valence-corrected chi connectivity index (χ2v) is 8.30. The smallest absolute Gasteiger partial charge is 0.338 e. The van der Waals surface area contributed by atoms with Crippen molar-refractivity contribution in [2.75, 3.05) is 6.26 Å². The number of hydrogen-bond acceptors (Lipinski definition) is 5. The summed E-state index contributed by atoms with van der Waals surface area (Å²) >= 11 is 0. The lowest BCUT2D eigenvalue weighted by Gasteiger charge is -2.14. The largest absolute Gasteiger partial charge is 0.449 e. The maximum atomic E-state index is 12.9.